The molecule has 0 spiro atoms. The average molecular weight is 241 g/mol. The fourth-order valence-corrected chi connectivity index (χ4v) is 1.97. The first-order valence-corrected chi connectivity index (χ1v) is 5.70. The predicted octanol–water partition coefficient (Wildman–Crippen LogP) is 3.25. The molecule has 0 atom stereocenters. The van der Waals surface area contributed by atoms with E-state index in [4.69, 9.17) is 10.8 Å². The fourth-order valence-electron chi connectivity index (χ4n) is 1.97. The number of nitrogens with two attached hydrogens (primary N) is 1. The highest BCUT2D eigenvalue weighted by Crippen LogP contribution is 2.29. The van der Waals surface area contributed by atoms with Crippen LogP contribution in [0.25, 0.3) is 11.1 Å². The molecule has 0 saturated carbocycles. The summed E-state index contributed by atoms with van der Waals surface area (Å²) in [7, 11) is 0. The van der Waals surface area contributed by atoms with Crippen molar-refractivity contribution in [1.29, 1.82) is 0 Å². The predicted molar refractivity (Wildman–Crippen MR) is 72.7 cm³/mol. The molecule has 3 N–H and O–H groups in total. The number of carboxylic acid groups (broad SMARTS) is 1. The summed E-state index contributed by atoms with van der Waals surface area (Å²) in [5, 5.41) is 9.00. The topological polar surface area (TPSA) is 63.3 Å². The number of nitrogen functional groups attached to an aromatic ring is 1. The summed E-state index contributed by atoms with van der Waals surface area (Å²) < 4.78 is 0. The minimum atomic E-state index is -0.915. The maximum absolute atomic E-state index is 11.0. The van der Waals surface area contributed by atoms with Gasteiger partial charge in [0.1, 0.15) is 0 Å². The molecule has 3 nitrogen and oxygen atoms in total. The summed E-state index contributed by atoms with van der Waals surface area (Å²) in [4.78, 5) is 11.0. The Morgan fingerprint density at radius 3 is 2.50 bits per heavy atom. The van der Waals surface area contributed by atoms with Crippen molar-refractivity contribution in [2.45, 2.75) is 13.8 Å². The molecule has 0 aliphatic heterocycles. The molecule has 0 unspecified atom stereocenters. The first kappa shape index (κ1) is 12.2. The van der Waals surface area contributed by atoms with Crippen LogP contribution in [0, 0.1) is 13.8 Å². The summed E-state index contributed by atoms with van der Waals surface area (Å²) in [5.41, 5.74) is 10.9. The Hall–Kier alpha value is -2.29. The molecule has 0 heterocycles. The van der Waals surface area contributed by atoms with Crippen molar-refractivity contribution in [3.05, 3.63) is 53.1 Å². The lowest BCUT2D eigenvalue weighted by Gasteiger charge is -2.11. The van der Waals surface area contributed by atoms with E-state index in [0.717, 1.165) is 27.9 Å². The quantitative estimate of drug-likeness (QED) is 0.793. The molecule has 0 amide bonds. The Kier molecular flexibility index (Phi) is 3.06. The minimum Gasteiger partial charge on any atom is -0.478 e. The molecule has 0 aliphatic carbocycles. The van der Waals surface area contributed by atoms with Gasteiger partial charge in [0.05, 0.1) is 5.56 Å². The summed E-state index contributed by atoms with van der Waals surface area (Å²) in [6.45, 7) is 3.96. The molecular formula is C15H15NO2. The SMILES string of the molecule is Cc1c(N)ccc(-c2cccc(C(=O)O)c2)c1C. The molecule has 0 aliphatic rings. The lowest BCUT2D eigenvalue weighted by atomic mass is 9.95. The number of hydrogen-bond donors (Lipinski definition) is 2. The number of rotatable bonds is 2. The maximum Gasteiger partial charge on any atom is 0.335 e. The van der Waals surface area contributed by atoms with Crippen LogP contribution in [0.2, 0.25) is 0 Å². The molecule has 92 valence electrons. The van der Waals surface area contributed by atoms with Crippen molar-refractivity contribution in [1.82, 2.24) is 0 Å². The van der Waals surface area contributed by atoms with Gasteiger partial charge in [-0.1, -0.05) is 18.2 Å². The summed E-state index contributed by atoms with van der Waals surface area (Å²) in [5.74, 6) is -0.915. The van der Waals surface area contributed by atoms with Gasteiger partial charge in [-0.05, 0) is 54.3 Å². The Balaban J connectivity index is 2.59. The first-order valence-electron chi connectivity index (χ1n) is 5.70. The first-order chi connectivity index (χ1) is 8.50. The van der Waals surface area contributed by atoms with E-state index >= 15 is 0 Å². The molecule has 3 heteroatoms. The molecule has 0 saturated heterocycles. The van der Waals surface area contributed by atoms with E-state index in [1.807, 2.05) is 32.0 Å². The second-order valence-corrected chi connectivity index (χ2v) is 4.34. The van der Waals surface area contributed by atoms with Crippen molar-refractivity contribution in [3.63, 3.8) is 0 Å². The standard InChI is InChI=1S/C15H15NO2/c1-9-10(2)14(16)7-6-13(9)11-4-3-5-12(8-11)15(17)18/h3-8H,16H2,1-2H3,(H,17,18). The van der Waals surface area contributed by atoms with Gasteiger partial charge in [0.25, 0.3) is 0 Å². The number of carbonyl (C=O) groups is 1. The van der Waals surface area contributed by atoms with Gasteiger partial charge in [-0.15, -0.1) is 0 Å². The van der Waals surface area contributed by atoms with Crippen molar-refractivity contribution in [2.24, 2.45) is 0 Å². The van der Waals surface area contributed by atoms with Gasteiger partial charge in [0, 0.05) is 5.69 Å². The maximum atomic E-state index is 11.0. The molecular weight excluding hydrogens is 226 g/mol. The molecule has 2 aromatic carbocycles. The van der Waals surface area contributed by atoms with E-state index in [0.29, 0.717) is 5.56 Å². The zero-order valence-corrected chi connectivity index (χ0v) is 10.4. The third-order valence-corrected chi connectivity index (χ3v) is 3.25. The highest BCUT2D eigenvalue weighted by Gasteiger charge is 2.09. The number of carboxylic acids is 1. The Labute approximate surface area is 106 Å². The number of benzene rings is 2. The van der Waals surface area contributed by atoms with Crippen LogP contribution in [-0.4, -0.2) is 11.1 Å². The summed E-state index contributed by atoms with van der Waals surface area (Å²) in [6, 6.07) is 10.7. The van der Waals surface area contributed by atoms with Crippen LogP contribution in [-0.2, 0) is 0 Å². The van der Waals surface area contributed by atoms with E-state index in [1.165, 1.54) is 0 Å². The smallest absolute Gasteiger partial charge is 0.335 e. The summed E-state index contributed by atoms with van der Waals surface area (Å²) in [6.07, 6.45) is 0. The van der Waals surface area contributed by atoms with Crippen molar-refractivity contribution in [3.8, 4) is 11.1 Å². The van der Waals surface area contributed by atoms with Crippen LogP contribution in [0.3, 0.4) is 0 Å². The van der Waals surface area contributed by atoms with Crippen LogP contribution in [0.1, 0.15) is 21.5 Å². The largest absolute Gasteiger partial charge is 0.478 e. The fraction of sp³-hybridized carbons (Fsp3) is 0.133. The Morgan fingerprint density at radius 2 is 1.83 bits per heavy atom. The summed E-state index contributed by atoms with van der Waals surface area (Å²) >= 11 is 0. The monoisotopic (exact) mass is 241 g/mol. The normalized spacial score (nSPS) is 10.3. The van der Waals surface area contributed by atoms with Gasteiger partial charge in [0.2, 0.25) is 0 Å². The highest BCUT2D eigenvalue weighted by molar-refractivity contribution is 5.89. The van der Waals surface area contributed by atoms with Crippen LogP contribution in [0.15, 0.2) is 36.4 Å². The van der Waals surface area contributed by atoms with Crippen LogP contribution < -0.4 is 5.73 Å². The zero-order valence-electron chi connectivity index (χ0n) is 10.4. The molecule has 0 bridgehead atoms. The highest BCUT2D eigenvalue weighted by atomic mass is 16.4. The van der Waals surface area contributed by atoms with E-state index in [-0.39, 0.29) is 0 Å². The van der Waals surface area contributed by atoms with Crippen molar-refractivity contribution in [2.75, 3.05) is 5.73 Å². The van der Waals surface area contributed by atoms with E-state index < -0.39 is 5.97 Å². The molecule has 0 radical (unpaired) electrons. The Bertz CT molecular complexity index is 618. The van der Waals surface area contributed by atoms with Crippen molar-refractivity contribution < 1.29 is 9.90 Å². The number of aromatic carboxylic acids is 1. The zero-order chi connectivity index (χ0) is 13.3. The Morgan fingerprint density at radius 1 is 1.11 bits per heavy atom. The molecule has 2 rings (SSSR count). The number of anilines is 1. The van der Waals surface area contributed by atoms with E-state index in [2.05, 4.69) is 0 Å². The third kappa shape index (κ3) is 2.07. The lowest BCUT2D eigenvalue weighted by Crippen LogP contribution is -1.98. The second-order valence-electron chi connectivity index (χ2n) is 4.34. The van der Waals surface area contributed by atoms with E-state index in [1.54, 1.807) is 18.2 Å². The van der Waals surface area contributed by atoms with E-state index in [9.17, 15) is 4.79 Å². The van der Waals surface area contributed by atoms with Gasteiger partial charge >= 0.3 is 5.97 Å². The van der Waals surface area contributed by atoms with Gasteiger partial charge in [0.15, 0.2) is 0 Å². The lowest BCUT2D eigenvalue weighted by molar-refractivity contribution is 0.0697. The average Bonchev–Trinajstić information content (AvgIpc) is 2.36. The number of hydrogen-bond acceptors (Lipinski definition) is 2. The van der Waals surface area contributed by atoms with Gasteiger partial charge < -0.3 is 10.8 Å². The third-order valence-electron chi connectivity index (χ3n) is 3.25. The minimum absolute atomic E-state index is 0.293. The molecule has 2 aromatic rings. The molecule has 0 fully saturated rings. The van der Waals surface area contributed by atoms with Crippen LogP contribution in [0.5, 0.6) is 0 Å². The molecule has 18 heavy (non-hydrogen) atoms. The van der Waals surface area contributed by atoms with Gasteiger partial charge in [-0.2, -0.15) is 0 Å². The van der Waals surface area contributed by atoms with Gasteiger partial charge in [-0.3, -0.25) is 0 Å². The van der Waals surface area contributed by atoms with Crippen molar-refractivity contribution >= 4 is 11.7 Å². The van der Waals surface area contributed by atoms with Gasteiger partial charge in [-0.25, -0.2) is 4.79 Å². The van der Waals surface area contributed by atoms with Crippen LogP contribution in [0.4, 0.5) is 5.69 Å². The van der Waals surface area contributed by atoms with Crippen LogP contribution >= 0.6 is 0 Å². The second kappa shape index (κ2) is 4.53. The molecule has 0 aromatic heterocycles.